The van der Waals surface area contributed by atoms with Gasteiger partial charge in [0.25, 0.3) is 10.0 Å². The average molecular weight is 644 g/mol. The maximum Gasteiger partial charge on any atom is 0.264 e. The van der Waals surface area contributed by atoms with Crippen LogP contribution in [0.25, 0.3) is 0 Å². The first-order valence-electron chi connectivity index (χ1n) is 14.9. The number of methoxy groups -OCH3 is 2. The van der Waals surface area contributed by atoms with E-state index < -0.39 is 34.1 Å². The first-order chi connectivity index (χ1) is 21.9. The highest BCUT2D eigenvalue weighted by molar-refractivity contribution is 7.92. The van der Waals surface area contributed by atoms with Crippen LogP contribution < -0.4 is 19.1 Å². The zero-order chi connectivity index (χ0) is 33.3. The van der Waals surface area contributed by atoms with Crippen LogP contribution in [0, 0.1) is 0 Å². The van der Waals surface area contributed by atoms with Crippen LogP contribution in [-0.2, 0) is 32.6 Å². The molecule has 0 aliphatic rings. The van der Waals surface area contributed by atoms with Crippen LogP contribution in [-0.4, -0.2) is 57.5 Å². The standard InChI is InChI=1S/C36H41N3O6S/c1-36(2,3)37-35(41)33(23-27-14-8-6-9-15-27)38(25-28-16-12-18-30(22-28)44-4)34(40)26-39(29-17-13-19-31(24-29)45-5)46(42,43)32-20-10-7-11-21-32/h6-22,24,33H,23,25-26H2,1-5H3,(H,37,41)/t33-/m0/s1. The topological polar surface area (TPSA) is 105 Å². The Balaban J connectivity index is 1.83. The van der Waals surface area contributed by atoms with Gasteiger partial charge in [-0.25, -0.2) is 8.42 Å². The number of amides is 2. The normalized spacial score (nSPS) is 12.1. The van der Waals surface area contributed by atoms with E-state index >= 15 is 0 Å². The number of rotatable bonds is 13. The summed E-state index contributed by atoms with van der Waals surface area (Å²) < 4.78 is 40.1. The Morgan fingerprint density at radius 3 is 1.93 bits per heavy atom. The lowest BCUT2D eigenvalue weighted by Crippen LogP contribution is -2.56. The predicted octanol–water partition coefficient (Wildman–Crippen LogP) is 5.45. The van der Waals surface area contributed by atoms with Gasteiger partial charge in [-0.05, 0) is 68.3 Å². The highest BCUT2D eigenvalue weighted by Crippen LogP contribution is 2.28. The van der Waals surface area contributed by atoms with Crippen LogP contribution in [0.5, 0.6) is 11.5 Å². The van der Waals surface area contributed by atoms with Gasteiger partial charge in [0.1, 0.15) is 24.1 Å². The molecule has 1 atom stereocenters. The number of carbonyl (C=O) groups excluding carboxylic acids is 2. The second kappa shape index (κ2) is 15.0. The van der Waals surface area contributed by atoms with Crippen LogP contribution in [0.15, 0.2) is 114 Å². The van der Waals surface area contributed by atoms with Gasteiger partial charge in [-0.15, -0.1) is 0 Å². The number of carbonyl (C=O) groups is 2. The molecule has 0 unspecified atom stereocenters. The summed E-state index contributed by atoms with van der Waals surface area (Å²) in [5.41, 5.74) is 1.23. The van der Waals surface area contributed by atoms with Gasteiger partial charge in [0.15, 0.2) is 0 Å². The highest BCUT2D eigenvalue weighted by Gasteiger charge is 2.35. The predicted molar refractivity (Wildman–Crippen MR) is 179 cm³/mol. The van der Waals surface area contributed by atoms with E-state index in [1.165, 1.54) is 24.1 Å². The number of nitrogens with one attached hydrogen (secondary N) is 1. The smallest absolute Gasteiger partial charge is 0.264 e. The fraction of sp³-hybridized carbons (Fsp3) is 0.278. The summed E-state index contributed by atoms with van der Waals surface area (Å²) in [6.07, 6.45) is 0.211. The van der Waals surface area contributed by atoms with Gasteiger partial charge in [-0.3, -0.25) is 13.9 Å². The van der Waals surface area contributed by atoms with Crippen molar-refractivity contribution < 1.29 is 27.5 Å². The molecule has 0 aliphatic carbocycles. The Morgan fingerprint density at radius 1 is 0.761 bits per heavy atom. The minimum absolute atomic E-state index is 0.0243. The van der Waals surface area contributed by atoms with Gasteiger partial charge < -0.3 is 19.7 Å². The van der Waals surface area contributed by atoms with Gasteiger partial charge in [-0.1, -0.05) is 66.7 Å². The molecule has 0 saturated carbocycles. The van der Waals surface area contributed by atoms with Gasteiger partial charge in [0, 0.05) is 24.6 Å². The molecule has 10 heteroatoms. The quantitative estimate of drug-likeness (QED) is 0.208. The number of hydrogen-bond acceptors (Lipinski definition) is 6. The van der Waals surface area contributed by atoms with Gasteiger partial charge in [0.2, 0.25) is 11.8 Å². The third-order valence-corrected chi connectivity index (χ3v) is 9.00. The number of sulfonamides is 1. The van der Waals surface area contributed by atoms with Crippen molar-refractivity contribution in [2.45, 2.75) is 50.2 Å². The van der Waals surface area contributed by atoms with E-state index in [0.717, 1.165) is 9.87 Å². The van der Waals surface area contributed by atoms with Crippen molar-refractivity contribution in [3.05, 3.63) is 120 Å². The highest BCUT2D eigenvalue weighted by atomic mass is 32.2. The van der Waals surface area contributed by atoms with Crippen LogP contribution in [0.1, 0.15) is 31.9 Å². The average Bonchev–Trinajstić information content (AvgIpc) is 3.05. The summed E-state index contributed by atoms with van der Waals surface area (Å²) in [5.74, 6) is 0.104. The van der Waals surface area contributed by atoms with Crippen molar-refractivity contribution in [2.75, 3.05) is 25.1 Å². The first kappa shape index (κ1) is 34.1. The Morgan fingerprint density at radius 2 is 1.33 bits per heavy atom. The summed E-state index contributed by atoms with van der Waals surface area (Å²) in [6, 6.07) is 30.2. The number of hydrogen-bond donors (Lipinski definition) is 1. The van der Waals surface area contributed by atoms with Crippen molar-refractivity contribution >= 4 is 27.5 Å². The van der Waals surface area contributed by atoms with Gasteiger partial charge in [-0.2, -0.15) is 0 Å². The van der Waals surface area contributed by atoms with Crippen LogP contribution in [0.2, 0.25) is 0 Å². The summed E-state index contributed by atoms with van der Waals surface area (Å²) >= 11 is 0. The molecule has 0 bridgehead atoms. The summed E-state index contributed by atoms with van der Waals surface area (Å²) in [7, 11) is -1.18. The molecule has 0 aromatic heterocycles. The molecule has 9 nitrogen and oxygen atoms in total. The van der Waals surface area contributed by atoms with Crippen LogP contribution in [0.4, 0.5) is 5.69 Å². The van der Waals surface area contributed by atoms with Crippen LogP contribution in [0.3, 0.4) is 0 Å². The first-order valence-corrected chi connectivity index (χ1v) is 16.4. The molecule has 0 saturated heterocycles. The molecule has 2 amide bonds. The Labute approximate surface area is 271 Å². The Kier molecular flexibility index (Phi) is 11.1. The molecule has 46 heavy (non-hydrogen) atoms. The minimum atomic E-state index is -4.22. The van der Waals surface area contributed by atoms with E-state index in [4.69, 9.17) is 9.47 Å². The molecule has 0 spiro atoms. The fourth-order valence-corrected chi connectivity index (χ4v) is 6.42. The molecule has 0 heterocycles. The molecule has 242 valence electrons. The molecule has 4 rings (SSSR count). The van der Waals surface area contributed by atoms with E-state index in [0.29, 0.717) is 17.1 Å². The van der Waals surface area contributed by atoms with Gasteiger partial charge >= 0.3 is 0 Å². The van der Waals surface area contributed by atoms with E-state index in [2.05, 4.69) is 5.32 Å². The maximum atomic E-state index is 14.6. The SMILES string of the molecule is COc1cccc(CN(C(=O)CN(c2cccc(OC)c2)S(=O)(=O)c2ccccc2)[C@@H](Cc2ccccc2)C(=O)NC(C)(C)C)c1. The molecule has 4 aromatic rings. The number of benzene rings is 4. The van der Waals surface area contributed by atoms with E-state index in [-0.39, 0.29) is 29.5 Å². The van der Waals surface area contributed by atoms with Crippen molar-refractivity contribution in [1.29, 1.82) is 0 Å². The lowest BCUT2D eigenvalue weighted by Gasteiger charge is -2.35. The molecule has 0 radical (unpaired) electrons. The molecule has 4 aromatic carbocycles. The lowest BCUT2D eigenvalue weighted by atomic mass is 10.0. The lowest BCUT2D eigenvalue weighted by molar-refractivity contribution is -0.140. The van der Waals surface area contributed by atoms with Gasteiger partial charge in [0.05, 0.1) is 24.8 Å². The largest absolute Gasteiger partial charge is 0.497 e. The number of anilines is 1. The second-order valence-corrected chi connectivity index (χ2v) is 13.7. The molecule has 1 N–H and O–H groups in total. The number of nitrogens with zero attached hydrogens (tertiary/aromatic N) is 2. The van der Waals surface area contributed by atoms with Crippen molar-refractivity contribution in [1.82, 2.24) is 10.2 Å². The number of ether oxygens (including phenoxy) is 2. The van der Waals surface area contributed by atoms with E-state index in [1.807, 2.05) is 57.2 Å². The molecule has 0 aliphatic heterocycles. The van der Waals surface area contributed by atoms with Crippen molar-refractivity contribution in [3.8, 4) is 11.5 Å². The van der Waals surface area contributed by atoms with E-state index in [9.17, 15) is 18.0 Å². The summed E-state index contributed by atoms with van der Waals surface area (Å²) in [4.78, 5) is 30.1. The third kappa shape index (κ3) is 8.88. The Bertz CT molecular complexity index is 1720. The molecular formula is C36H41N3O6S. The second-order valence-electron chi connectivity index (χ2n) is 11.8. The summed E-state index contributed by atoms with van der Waals surface area (Å²) in [6.45, 7) is 5.08. The minimum Gasteiger partial charge on any atom is -0.497 e. The maximum absolute atomic E-state index is 14.6. The zero-order valence-corrected chi connectivity index (χ0v) is 27.7. The summed E-state index contributed by atoms with van der Waals surface area (Å²) in [5, 5.41) is 3.03. The molecule has 0 fully saturated rings. The van der Waals surface area contributed by atoms with Crippen molar-refractivity contribution in [2.24, 2.45) is 0 Å². The zero-order valence-electron chi connectivity index (χ0n) is 26.8. The Hall–Kier alpha value is -4.83. The van der Waals surface area contributed by atoms with E-state index in [1.54, 1.807) is 67.8 Å². The third-order valence-electron chi connectivity index (χ3n) is 7.21. The fourth-order valence-electron chi connectivity index (χ4n) is 4.99. The van der Waals surface area contributed by atoms with Crippen molar-refractivity contribution in [3.63, 3.8) is 0 Å². The molecular weight excluding hydrogens is 602 g/mol. The monoisotopic (exact) mass is 643 g/mol. The van der Waals surface area contributed by atoms with Crippen LogP contribution >= 0.6 is 0 Å².